The summed E-state index contributed by atoms with van der Waals surface area (Å²) in [5.41, 5.74) is 5.47. The summed E-state index contributed by atoms with van der Waals surface area (Å²) in [5.74, 6) is 0. The zero-order valence-corrected chi connectivity index (χ0v) is 18.0. The molecule has 0 unspecified atom stereocenters. The van der Waals surface area contributed by atoms with Crippen molar-refractivity contribution in [3.05, 3.63) is 114 Å². The van der Waals surface area contributed by atoms with E-state index in [9.17, 15) is 0 Å². The summed E-state index contributed by atoms with van der Waals surface area (Å²) >= 11 is 5.79. The maximum atomic E-state index is 5.79. The SMILES string of the molecule is Cc1ccc(-n2cccc2[C@@H]2[C@@H](c3ccccn3)NC(=S)N2Cc2ccccn2)cc1. The summed E-state index contributed by atoms with van der Waals surface area (Å²) in [7, 11) is 0. The summed E-state index contributed by atoms with van der Waals surface area (Å²) in [6.07, 6.45) is 5.76. The Bertz CT molecular complexity index is 1170. The Morgan fingerprint density at radius 2 is 1.68 bits per heavy atom. The number of nitrogens with one attached hydrogen (secondary N) is 1. The van der Waals surface area contributed by atoms with E-state index in [0.717, 1.165) is 22.8 Å². The molecule has 0 aliphatic carbocycles. The van der Waals surface area contributed by atoms with Gasteiger partial charge in [0.05, 0.1) is 30.0 Å². The third-order valence-corrected chi connectivity index (χ3v) is 6.00. The van der Waals surface area contributed by atoms with Gasteiger partial charge in [-0.05, 0) is 67.7 Å². The first-order valence-corrected chi connectivity index (χ1v) is 10.7. The molecule has 1 N–H and O–H groups in total. The predicted molar refractivity (Wildman–Crippen MR) is 126 cm³/mol. The van der Waals surface area contributed by atoms with E-state index in [0.29, 0.717) is 11.7 Å². The number of hydrogen-bond donors (Lipinski definition) is 1. The van der Waals surface area contributed by atoms with Gasteiger partial charge >= 0.3 is 0 Å². The molecule has 0 saturated carbocycles. The van der Waals surface area contributed by atoms with E-state index in [1.807, 2.05) is 42.7 Å². The molecule has 4 heterocycles. The molecule has 4 aromatic rings. The van der Waals surface area contributed by atoms with Crippen molar-refractivity contribution >= 4 is 17.3 Å². The van der Waals surface area contributed by atoms with Crippen molar-refractivity contribution in [3.8, 4) is 5.69 Å². The maximum absolute atomic E-state index is 5.79. The van der Waals surface area contributed by atoms with Crippen molar-refractivity contribution in [2.45, 2.75) is 25.6 Å². The Labute approximate surface area is 187 Å². The first-order valence-electron chi connectivity index (χ1n) is 10.3. The molecule has 1 aliphatic rings. The van der Waals surface area contributed by atoms with Crippen LogP contribution in [0.15, 0.2) is 91.4 Å². The molecular formula is C25H23N5S. The van der Waals surface area contributed by atoms with Gasteiger partial charge in [0.2, 0.25) is 0 Å². The topological polar surface area (TPSA) is 46.0 Å². The molecule has 1 fully saturated rings. The highest BCUT2D eigenvalue weighted by atomic mass is 32.1. The lowest BCUT2D eigenvalue weighted by atomic mass is 10.0. The van der Waals surface area contributed by atoms with E-state index in [4.69, 9.17) is 12.2 Å². The van der Waals surface area contributed by atoms with Gasteiger partial charge in [0.15, 0.2) is 5.11 Å². The zero-order valence-electron chi connectivity index (χ0n) is 17.2. The number of nitrogens with zero attached hydrogens (tertiary/aromatic N) is 4. The monoisotopic (exact) mass is 425 g/mol. The Morgan fingerprint density at radius 1 is 0.903 bits per heavy atom. The van der Waals surface area contributed by atoms with Crippen LogP contribution in [0.3, 0.4) is 0 Å². The molecule has 0 spiro atoms. The molecule has 0 amide bonds. The first-order chi connectivity index (χ1) is 15.2. The Kier molecular flexibility index (Phi) is 5.22. The number of rotatable bonds is 5. The summed E-state index contributed by atoms with van der Waals surface area (Å²) in [6, 6.07) is 24.7. The molecule has 6 heteroatoms. The normalized spacial score (nSPS) is 18.2. The third-order valence-electron chi connectivity index (χ3n) is 5.65. The van der Waals surface area contributed by atoms with Crippen molar-refractivity contribution in [3.63, 3.8) is 0 Å². The van der Waals surface area contributed by atoms with Gasteiger partial charge in [-0.1, -0.05) is 29.8 Å². The summed E-state index contributed by atoms with van der Waals surface area (Å²) in [5, 5.41) is 4.23. The molecule has 1 saturated heterocycles. The Morgan fingerprint density at radius 3 is 2.39 bits per heavy atom. The van der Waals surface area contributed by atoms with Gasteiger partial charge < -0.3 is 14.8 Å². The average molecular weight is 426 g/mol. The van der Waals surface area contributed by atoms with Gasteiger partial charge in [-0.15, -0.1) is 0 Å². The fourth-order valence-electron chi connectivity index (χ4n) is 4.14. The number of hydrogen-bond acceptors (Lipinski definition) is 3. The molecule has 31 heavy (non-hydrogen) atoms. The zero-order chi connectivity index (χ0) is 21.2. The van der Waals surface area contributed by atoms with Crippen LogP contribution in [0.5, 0.6) is 0 Å². The molecule has 1 aromatic carbocycles. The van der Waals surface area contributed by atoms with Crippen LogP contribution in [-0.4, -0.2) is 24.5 Å². The average Bonchev–Trinajstić information content (AvgIpc) is 3.40. The molecule has 2 atom stereocenters. The van der Waals surface area contributed by atoms with Crippen molar-refractivity contribution in [1.82, 2.24) is 24.8 Å². The van der Waals surface area contributed by atoms with Crippen LogP contribution in [0.4, 0.5) is 0 Å². The van der Waals surface area contributed by atoms with Gasteiger partial charge in [-0.2, -0.15) is 0 Å². The number of thiocarbonyl (C=S) groups is 1. The number of pyridine rings is 2. The quantitative estimate of drug-likeness (QED) is 0.468. The molecule has 5 rings (SSSR count). The van der Waals surface area contributed by atoms with Crippen LogP contribution in [0.2, 0.25) is 0 Å². The lowest BCUT2D eigenvalue weighted by Crippen LogP contribution is -2.30. The van der Waals surface area contributed by atoms with E-state index in [-0.39, 0.29) is 12.1 Å². The molecule has 0 bridgehead atoms. The second-order valence-corrected chi connectivity index (χ2v) is 8.10. The van der Waals surface area contributed by atoms with E-state index in [1.165, 1.54) is 5.56 Å². The van der Waals surface area contributed by atoms with Gasteiger partial charge in [0, 0.05) is 30.0 Å². The van der Waals surface area contributed by atoms with Gasteiger partial charge in [-0.25, -0.2) is 0 Å². The summed E-state index contributed by atoms with van der Waals surface area (Å²) < 4.78 is 2.24. The van der Waals surface area contributed by atoms with Crippen LogP contribution < -0.4 is 5.32 Å². The molecule has 0 radical (unpaired) electrons. The molecule has 154 valence electrons. The lowest BCUT2D eigenvalue weighted by molar-refractivity contribution is 0.299. The summed E-state index contributed by atoms with van der Waals surface area (Å²) in [4.78, 5) is 11.4. The summed E-state index contributed by atoms with van der Waals surface area (Å²) in [6.45, 7) is 2.73. The minimum absolute atomic E-state index is 0.0271. The fourth-order valence-corrected chi connectivity index (χ4v) is 4.44. The van der Waals surface area contributed by atoms with Crippen LogP contribution in [0, 0.1) is 6.92 Å². The molecule has 5 nitrogen and oxygen atoms in total. The van der Waals surface area contributed by atoms with E-state index in [1.54, 1.807) is 0 Å². The van der Waals surface area contributed by atoms with Crippen molar-refractivity contribution in [2.75, 3.05) is 0 Å². The third kappa shape index (κ3) is 3.82. The fraction of sp³-hybridized carbons (Fsp3) is 0.160. The first kappa shape index (κ1) is 19.5. The van der Waals surface area contributed by atoms with E-state index in [2.05, 4.69) is 80.3 Å². The second kappa shape index (κ2) is 8.32. The maximum Gasteiger partial charge on any atom is 0.170 e. The van der Waals surface area contributed by atoms with E-state index >= 15 is 0 Å². The highest BCUT2D eigenvalue weighted by Gasteiger charge is 2.41. The standard InChI is InChI=1S/C25H23N5S/c1-18-10-12-20(13-11-18)29-16-6-9-22(29)24-23(21-8-3-5-15-27-21)28-25(31)30(24)17-19-7-2-4-14-26-19/h2-16,23-24H,17H2,1H3,(H,28,31)/t23-,24-/m1/s1. The molecule has 1 aliphatic heterocycles. The lowest BCUT2D eigenvalue weighted by Gasteiger charge is -2.28. The highest BCUT2D eigenvalue weighted by molar-refractivity contribution is 7.80. The molecule has 3 aromatic heterocycles. The highest BCUT2D eigenvalue weighted by Crippen LogP contribution is 2.40. The minimum atomic E-state index is -0.0588. The van der Waals surface area contributed by atoms with Crippen molar-refractivity contribution in [2.24, 2.45) is 0 Å². The smallest absolute Gasteiger partial charge is 0.170 e. The Balaban J connectivity index is 1.60. The van der Waals surface area contributed by atoms with Gasteiger partial charge in [0.1, 0.15) is 0 Å². The van der Waals surface area contributed by atoms with Crippen LogP contribution in [0.1, 0.15) is 34.7 Å². The molecular weight excluding hydrogens is 402 g/mol. The Hall–Kier alpha value is -3.51. The minimum Gasteiger partial charge on any atom is -0.352 e. The number of aryl methyl sites for hydroxylation is 1. The van der Waals surface area contributed by atoms with Crippen LogP contribution in [-0.2, 0) is 6.54 Å². The van der Waals surface area contributed by atoms with Crippen LogP contribution >= 0.6 is 12.2 Å². The second-order valence-electron chi connectivity index (χ2n) is 7.71. The largest absolute Gasteiger partial charge is 0.352 e. The van der Waals surface area contributed by atoms with Crippen molar-refractivity contribution < 1.29 is 0 Å². The number of benzene rings is 1. The van der Waals surface area contributed by atoms with Gasteiger partial charge in [-0.3, -0.25) is 9.97 Å². The predicted octanol–water partition coefficient (Wildman–Crippen LogP) is 4.75. The van der Waals surface area contributed by atoms with E-state index < -0.39 is 0 Å². The van der Waals surface area contributed by atoms with Gasteiger partial charge in [0.25, 0.3) is 0 Å². The number of aromatic nitrogens is 3. The van der Waals surface area contributed by atoms with Crippen molar-refractivity contribution in [1.29, 1.82) is 0 Å². The van der Waals surface area contributed by atoms with Crippen LogP contribution in [0.25, 0.3) is 5.69 Å².